The molecule has 0 aliphatic heterocycles. The minimum Gasteiger partial charge on any atom is -0.507 e. The van der Waals surface area contributed by atoms with Crippen molar-refractivity contribution in [3.05, 3.63) is 56.5 Å². The summed E-state index contributed by atoms with van der Waals surface area (Å²) in [6.45, 7) is 1.81. The summed E-state index contributed by atoms with van der Waals surface area (Å²) >= 11 is 17.8. The van der Waals surface area contributed by atoms with Gasteiger partial charge in [-0.05, 0) is 36.8 Å². The lowest BCUT2D eigenvalue weighted by Crippen LogP contribution is -2.13. The second-order valence-corrected chi connectivity index (χ2v) is 5.47. The van der Waals surface area contributed by atoms with Crippen LogP contribution in [0.2, 0.25) is 15.1 Å². The molecule has 1 amide bonds. The molecule has 2 N–H and O–H groups in total. The summed E-state index contributed by atoms with van der Waals surface area (Å²) in [5.41, 5.74) is 1.24. The number of benzene rings is 2. The molecule has 0 spiro atoms. The fraction of sp³-hybridized carbons (Fsp3) is 0.0714. The van der Waals surface area contributed by atoms with Crippen molar-refractivity contribution < 1.29 is 9.90 Å². The van der Waals surface area contributed by atoms with Crippen molar-refractivity contribution in [1.82, 2.24) is 0 Å². The van der Waals surface area contributed by atoms with Gasteiger partial charge in [-0.3, -0.25) is 4.79 Å². The molecule has 0 bridgehead atoms. The average molecular weight is 331 g/mol. The molecule has 6 heteroatoms. The van der Waals surface area contributed by atoms with Gasteiger partial charge in [0.2, 0.25) is 0 Å². The molecule has 2 aromatic carbocycles. The Labute approximate surface area is 131 Å². The van der Waals surface area contributed by atoms with Crippen molar-refractivity contribution in [3.8, 4) is 5.75 Å². The van der Waals surface area contributed by atoms with Crippen molar-refractivity contribution in [2.45, 2.75) is 6.92 Å². The second-order valence-electron chi connectivity index (χ2n) is 4.22. The van der Waals surface area contributed by atoms with Crippen molar-refractivity contribution in [3.63, 3.8) is 0 Å². The topological polar surface area (TPSA) is 49.3 Å². The van der Waals surface area contributed by atoms with E-state index in [-0.39, 0.29) is 27.0 Å². The Hall–Kier alpha value is -1.42. The predicted octanol–water partition coefficient (Wildman–Crippen LogP) is 4.91. The molecule has 0 aliphatic rings. The van der Waals surface area contributed by atoms with Crippen LogP contribution < -0.4 is 5.32 Å². The van der Waals surface area contributed by atoms with Crippen LogP contribution in [0.4, 0.5) is 5.69 Å². The van der Waals surface area contributed by atoms with Gasteiger partial charge in [-0.1, -0.05) is 40.9 Å². The number of phenols is 1. The first kappa shape index (κ1) is 15.0. The first-order valence-electron chi connectivity index (χ1n) is 5.64. The molecule has 0 radical (unpaired) electrons. The summed E-state index contributed by atoms with van der Waals surface area (Å²) in [6.07, 6.45) is 0. The van der Waals surface area contributed by atoms with E-state index in [1.54, 1.807) is 6.07 Å². The van der Waals surface area contributed by atoms with E-state index in [1.807, 2.05) is 6.92 Å². The van der Waals surface area contributed by atoms with Crippen LogP contribution in [-0.2, 0) is 0 Å². The highest BCUT2D eigenvalue weighted by molar-refractivity contribution is 6.42. The van der Waals surface area contributed by atoms with E-state index in [0.29, 0.717) is 5.02 Å². The zero-order valence-corrected chi connectivity index (χ0v) is 12.6. The first-order chi connectivity index (χ1) is 9.38. The number of rotatable bonds is 2. The summed E-state index contributed by atoms with van der Waals surface area (Å²) in [7, 11) is 0. The van der Waals surface area contributed by atoms with E-state index in [0.717, 1.165) is 5.56 Å². The van der Waals surface area contributed by atoms with Crippen molar-refractivity contribution >= 4 is 46.4 Å². The molecule has 0 heterocycles. The van der Waals surface area contributed by atoms with Gasteiger partial charge < -0.3 is 10.4 Å². The summed E-state index contributed by atoms with van der Waals surface area (Å²) in [4.78, 5) is 12.1. The molecular formula is C14H10Cl3NO2. The molecular weight excluding hydrogens is 321 g/mol. The molecule has 0 fully saturated rings. The van der Waals surface area contributed by atoms with Crippen LogP contribution in [0, 0.1) is 6.92 Å². The highest BCUT2D eigenvalue weighted by Crippen LogP contribution is 2.34. The number of carbonyl (C=O) groups is 1. The van der Waals surface area contributed by atoms with Gasteiger partial charge in [0.1, 0.15) is 5.75 Å². The van der Waals surface area contributed by atoms with Crippen molar-refractivity contribution in [1.29, 1.82) is 0 Å². The lowest BCUT2D eigenvalue weighted by molar-refractivity contribution is 0.102. The van der Waals surface area contributed by atoms with Gasteiger partial charge in [-0.2, -0.15) is 0 Å². The second kappa shape index (κ2) is 5.92. The quantitative estimate of drug-likeness (QED) is 0.821. The Kier molecular flexibility index (Phi) is 4.43. The minimum absolute atomic E-state index is 0.108. The van der Waals surface area contributed by atoms with Gasteiger partial charge in [-0.15, -0.1) is 0 Å². The molecule has 0 saturated heterocycles. The Balaban J connectivity index is 2.33. The predicted molar refractivity (Wildman–Crippen MR) is 82.3 cm³/mol. The summed E-state index contributed by atoms with van der Waals surface area (Å²) in [5, 5.41) is 13.2. The standard InChI is InChI=1S/C14H10Cl3NO2/c1-7-2-3-9(12(19)4-7)14(20)18-13-10(16)5-8(15)6-11(13)17/h2-6,19H,1H3,(H,18,20). The maximum atomic E-state index is 12.1. The SMILES string of the molecule is Cc1ccc(C(=O)Nc2c(Cl)cc(Cl)cc2Cl)c(O)c1. The third-order valence-corrected chi connectivity index (χ3v) is 3.46. The monoisotopic (exact) mass is 329 g/mol. The third-order valence-electron chi connectivity index (χ3n) is 2.64. The Morgan fingerprint density at radius 1 is 1.10 bits per heavy atom. The van der Waals surface area contributed by atoms with Gasteiger partial charge in [0.15, 0.2) is 0 Å². The number of nitrogens with one attached hydrogen (secondary N) is 1. The summed E-state index contributed by atoms with van der Waals surface area (Å²) in [6, 6.07) is 7.69. The van der Waals surface area contributed by atoms with Gasteiger partial charge in [0.25, 0.3) is 5.91 Å². The van der Waals surface area contributed by atoms with E-state index in [9.17, 15) is 9.90 Å². The van der Waals surface area contributed by atoms with Crippen molar-refractivity contribution in [2.75, 3.05) is 5.32 Å². The van der Waals surface area contributed by atoms with Crippen LogP contribution >= 0.6 is 34.8 Å². The summed E-state index contributed by atoms with van der Waals surface area (Å²) < 4.78 is 0. The van der Waals surface area contributed by atoms with Crippen LogP contribution in [0.25, 0.3) is 0 Å². The molecule has 0 saturated carbocycles. The molecule has 0 aliphatic carbocycles. The van der Waals surface area contributed by atoms with Crippen LogP contribution in [0.3, 0.4) is 0 Å². The largest absolute Gasteiger partial charge is 0.507 e. The van der Waals surface area contributed by atoms with E-state index in [1.165, 1.54) is 24.3 Å². The Morgan fingerprint density at radius 2 is 1.70 bits per heavy atom. The number of carbonyl (C=O) groups excluding carboxylic acids is 1. The third kappa shape index (κ3) is 3.18. The van der Waals surface area contributed by atoms with Crippen molar-refractivity contribution in [2.24, 2.45) is 0 Å². The number of amides is 1. The van der Waals surface area contributed by atoms with Crippen LogP contribution in [-0.4, -0.2) is 11.0 Å². The first-order valence-corrected chi connectivity index (χ1v) is 6.77. The lowest BCUT2D eigenvalue weighted by Gasteiger charge is -2.11. The van der Waals surface area contributed by atoms with Gasteiger partial charge >= 0.3 is 0 Å². The molecule has 3 nitrogen and oxygen atoms in total. The lowest BCUT2D eigenvalue weighted by atomic mass is 10.1. The number of aryl methyl sites for hydroxylation is 1. The smallest absolute Gasteiger partial charge is 0.259 e. The molecule has 0 aromatic heterocycles. The number of halogens is 3. The number of hydrogen-bond donors (Lipinski definition) is 2. The normalized spacial score (nSPS) is 10.4. The van der Waals surface area contributed by atoms with E-state index >= 15 is 0 Å². The highest BCUT2D eigenvalue weighted by Gasteiger charge is 2.15. The van der Waals surface area contributed by atoms with Crippen LogP contribution in [0.1, 0.15) is 15.9 Å². The van der Waals surface area contributed by atoms with Crippen LogP contribution in [0.5, 0.6) is 5.75 Å². The Morgan fingerprint density at radius 3 is 2.25 bits per heavy atom. The number of hydrogen-bond acceptors (Lipinski definition) is 2. The molecule has 2 aromatic rings. The van der Waals surface area contributed by atoms with Crippen LogP contribution in [0.15, 0.2) is 30.3 Å². The number of anilines is 1. The molecule has 104 valence electrons. The molecule has 0 unspecified atom stereocenters. The molecule has 20 heavy (non-hydrogen) atoms. The van der Waals surface area contributed by atoms with E-state index in [4.69, 9.17) is 34.8 Å². The number of aromatic hydroxyl groups is 1. The maximum absolute atomic E-state index is 12.1. The summed E-state index contributed by atoms with van der Waals surface area (Å²) in [5.74, 6) is -0.614. The minimum atomic E-state index is -0.506. The van der Waals surface area contributed by atoms with Gasteiger partial charge in [-0.25, -0.2) is 0 Å². The maximum Gasteiger partial charge on any atom is 0.259 e. The van der Waals surface area contributed by atoms with Gasteiger partial charge in [0, 0.05) is 5.02 Å². The Bertz CT molecular complexity index is 663. The fourth-order valence-corrected chi connectivity index (χ4v) is 2.59. The molecule has 2 rings (SSSR count). The zero-order chi connectivity index (χ0) is 14.9. The van der Waals surface area contributed by atoms with Gasteiger partial charge in [0.05, 0.1) is 21.3 Å². The fourth-order valence-electron chi connectivity index (χ4n) is 1.68. The van der Waals surface area contributed by atoms with E-state index < -0.39 is 5.91 Å². The average Bonchev–Trinajstić information content (AvgIpc) is 2.33. The number of phenolic OH excluding ortho intramolecular Hbond substituents is 1. The highest BCUT2D eigenvalue weighted by atomic mass is 35.5. The van der Waals surface area contributed by atoms with E-state index in [2.05, 4.69) is 5.32 Å². The zero-order valence-electron chi connectivity index (χ0n) is 10.4. The molecule has 0 atom stereocenters.